The summed E-state index contributed by atoms with van der Waals surface area (Å²) in [5.74, 6) is 1.01. The molecule has 5 rings (SSSR count). The lowest BCUT2D eigenvalue weighted by Gasteiger charge is -2.22. The van der Waals surface area contributed by atoms with Crippen LogP contribution in [0.15, 0.2) is 90.4 Å². The number of pyridine rings is 2. The Bertz CT molecular complexity index is 1880. The molecule has 0 spiro atoms. The molecule has 0 aliphatic carbocycles. The first-order valence-electron chi connectivity index (χ1n) is 15.6. The minimum atomic E-state index is -0.501. The van der Waals surface area contributed by atoms with Crippen molar-refractivity contribution < 1.29 is 9.53 Å². The van der Waals surface area contributed by atoms with Crippen LogP contribution in [0.25, 0.3) is 22.2 Å². The van der Waals surface area contributed by atoms with Crippen molar-refractivity contribution in [2.75, 3.05) is 17.2 Å². The molecule has 2 aromatic carbocycles. The van der Waals surface area contributed by atoms with E-state index in [4.69, 9.17) is 4.74 Å². The van der Waals surface area contributed by atoms with Gasteiger partial charge >= 0.3 is 6.03 Å². The number of ether oxygens (including phenoxy) is 1. The van der Waals surface area contributed by atoms with Crippen molar-refractivity contribution in [2.24, 2.45) is 0 Å². The number of fused-ring (bicyclic) bond motifs is 1. The van der Waals surface area contributed by atoms with Crippen LogP contribution in [0.1, 0.15) is 64.0 Å². The fourth-order valence-electron chi connectivity index (χ4n) is 5.57. The Labute approximate surface area is 269 Å². The summed E-state index contributed by atoms with van der Waals surface area (Å²) in [7, 11) is 0. The Kier molecular flexibility index (Phi) is 9.95. The molecular weight excluding hydrogens is 578 g/mol. The van der Waals surface area contributed by atoms with Crippen molar-refractivity contribution in [1.29, 1.82) is 0 Å². The molecule has 0 aliphatic rings. The average molecular weight is 620 g/mol. The van der Waals surface area contributed by atoms with Crippen molar-refractivity contribution in [3.05, 3.63) is 107 Å². The number of benzene rings is 2. The molecule has 2 N–H and O–H groups in total. The van der Waals surface area contributed by atoms with Crippen LogP contribution < -0.4 is 20.9 Å². The first-order chi connectivity index (χ1) is 22.1. The van der Waals surface area contributed by atoms with E-state index in [1.807, 2.05) is 61.5 Å². The summed E-state index contributed by atoms with van der Waals surface area (Å²) in [5, 5.41) is 10.9. The van der Waals surface area contributed by atoms with Gasteiger partial charge in [0.25, 0.3) is 5.56 Å². The van der Waals surface area contributed by atoms with Crippen LogP contribution >= 0.6 is 0 Å². The zero-order chi connectivity index (χ0) is 32.8. The number of para-hydroxylation sites is 1. The average Bonchev–Trinajstić information content (AvgIpc) is 3.55. The number of urea groups is 1. The Hall–Kier alpha value is -5.25. The molecule has 3 aromatic heterocycles. The van der Waals surface area contributed by atoms with Crippen molar-refractivity contribution in [3.63, 3.8) is 0 Å². The zero-order valence-electron chi connectivity index (χ0n) is 27.1. The van der Waals surface area contributed by atoms with Gasteiger partial charge in [0, 0.05) is 42.3 Å². The Morgan fingerprint density at radius 3 is 2.37 bits per heavy atom. The van der Waals surface area contributed by atoms with Gasteiger partial charge in [-0.1, -0.05) is 70.2 Å². The van der Waals surface area contributed by atoms with E-state index in [-0.39, 0.29) is 29.6 Å². The molecule has 0 atom stereocenters. The maximum absolute atomic E-state index is 14.3. The van der Waals surface area contributed by atoms with Crippen LogP contribution in [-0.4, -0.2) is 37.0 Å². The fraction of sp³-hybridized carbons (Fsp3) is 0.306. The number of allylic oxidation sites excluding steroid dienone is 1. The summed E-state index contributed by atoms with van der Waals surface area (Å²) in [6, 6.07) is 16.8. The Morgan fingerprint density at radius 1 is 0.978 bits per heavy atom. The molecule has 10 heteroatoms. The van der Waals surface area contributed by atoms with Gasteiger partial charge in [0.1, 0.15) is 29.7 Å². The Morgan fingerprint density at radius 2 is 1.70 bits per heavy atom. The maximum atomic E-state index is 14.3. The SMILES string of the molecule is C=C(C)Cn1c(=O)c(NC(=O)Nc2c(C(C)C)cccc2C(C)C)c(-c2cccc(OCCCn3cncn3)c2)c2cccnc21. The van der Waals surface area contributed by atoms with E-state index in [2.05, 4.69) is 60.0 Å². The van der Waals surface area contributed by atoms with Gasteiger partial charge in [-0.25, -0.2) is 14.8 Å². The molecular formula is C36H41N7O3. The van der Waals surface area contributed by atoms with E-state index in [0.29, 0.717) is 41.1 Å². The zero-order valence-corrected chi connectivity index (χ0v) is 27.1. The minimum Gasteiger partial charge on any atom is -0.494 e. The summed E-state index contributed by atoms with van der Waals surface area (Å²) >= 11 is 0. The molecule has 46 heavy (non-hydrogen) atoms. The maximum Gasteiger partial charge on any atom is 0.323 e. The highest BCUT2D eigenvalue weighted by molar-refractivity contribution is 6.07. The van der Waals surface area contributed by atoms with Gasteiger partial charge in [0.2, 0.25) is 0 Å². The highest BCUT2D eigenvalue weighted by Gasteiger charge is 2.23. The van der Waals surface area contributed by atoms with Gasteiger partial charge in [-0.3, -0.25) is 14.0 Å². The van der Waals surface area contributed by atoms with Gasteiger partial charge in [0.15, 0.2) is 0 Å². The number of carbonyl (C=O) groups excluding carboxylic acids is 1. The number of nitrogens with one attached hydrogen (secondary N) is 2. The van der Waals surface area contributed by atoms with Crippen LogP contribution in [0, 0.1) is 0 Å². The summed E-state index contributed by atoms with van der Waals surface area (Å²) in [4.78, 5) is 36.7. The second-order valence-electron chi connectivity index (χ2n) is 12.1. The predicted octanol–water partition coefficient (Wildman–Crippen LogP) is 7.59. The van der Waals surface area contributed by atoms with Gasteiger partial charge in [0.05, 0.1) is 6.61 Å². The fourth-order valence-corrected chi connectivity index (χ4v) is 5.57. The number of carbonyl (C=O) groups is 1. The molecule has 238 valence electrons. The topological polar surface area (TPSA) is 116 Å². The van der Waals surface area contributed by atoms with Crippen LogP contribution in [0.3, 0.4) is 0 Å². The summed E-state index contributed by atoms with van der Waals surface area (Å²) in [6.07, 6.45) is 5.57. The number of aryl methyl sites for hydroxylation is 1. The first-order valence-corrected chi connectivity index (χ1v) is 15.6. The highest BCUT2D eigenvalue weighted by atomic mass is 16.5. The number of rotatable bonds is 12. The lowest BCUT2D eigenvalue weighted by Crippen LogP contribution is -2.30. The summed E-state index contributed by atoms with van der Waals surface area (Å²) < 4.78 is 9.40. The third-order valence-corrected chi connectivity index (χ3v) is 7.69. The van der Waals surface area contributed by atoms with Crippen LogP contribution in [0.2, 0.25) is 0 Å². The standard InChI is InChI=1S/C36H41N7O3/c1-23(2)20-43-34-30(15-9-16-38-34)31(26-11-7-12-27(19-26)46-18-10-17-42-22-37-21-39-42)33(35(43)44)41-36(45)40-32-28(24(3)4)13-8-14-29(32)25(5)6/h7-9,11-16,19,21-22,24-25H,1,10,17-18,20H2,2-6H3,(H2,40,41,45). The Balaban J connectivity index is 1.56. The molecule has 0 bridgehead atoms. The van der Waals surface area contributed by atoms with E-state index < -0.39 is 6.03 Å². The smallest absolute Gasteiger partial charge is 0.323 e. The van der Waals surface area contributed by atoms with E-state index in [1.54, 1.807) is 21.8 Å². The van der Waals surface area contributed by atoms with E-state index in [9.17, 15) is 9.59 Å². The van der Waals surface area contributed by atoms with E-state index in [0.717, 1.165) is 28.8 Å². The molecule has 0 saturated heterocycles. The number of anilines is 2. The van der Waals surface area contributed by atoms with Crippen LogP contribution in [-0.2, 0) is 13.1 Å². The number of aromatic nitrogens is 5. The third kappa shape index (κ3) is 7.17. The molecule has 3 heterocycles. The van der Waals surface area contributed by atoms with E-state index in [1.165, 1.54) is 6.33 Å². The molecule has 0 radical (unpaired) electrons. The van der Waals surface area contributed by atoms with Crippen molar-refractivity contribution >= 4 is 28.4 Å². The van der Waals surface area contributed by atoms with Crippen LogP contribution in [0.4, 0.5) is 16.2 Å². The van der Waals surface area contributed by atoms with Crippen molar-refractivity contribution in [2.45, 2.75) is 66.0 Å². The molecule has 0 saturated carbocycles. The first kappa shape index (κ1) is 32.2. The largest absolute Gasteiger partial charge is 0.494 e. The molecule has 2 amide bonds. The lowest BCUT2D eigenvalue weighted by molar-refractivity contribution is 0.262. The number of nitrogens with zero attached hydrogens (tertiary/aromatic N) is 5. The second kappa shape index (κ2) is 14.2. The van der Waals surface area contributed by atoms with Gasteiger partial charge in [-0.15, -0.1) is 0 Å². The molecule has 10 nitrogen and oxygen atoms in total. The lowest BCUT2D eigenvalue weighted by atomic mass is 9.93. The van der Waals surface area contributed by atoms with Crippen molar-refractivity contribution in [1.82, 2.24) is 24.3 Å². The van der Waals surface area contributed by atoms with Gasteiger partial charge < -0.3 is 15.4 Å². The van der Waals surface area contributed by atoms with Gasteiger partial charge in [-0.05, 0) is 59.7 Å². The number of amides is 2. The molecule has 0 fully saturated rings. The minimum absolute atomic E-state index is 0.149. The quantitative estimate of drug-likeness (QED) is 0.110. The molecule has 5 aromatic rings. The normalized spacial score (nSPS) is 11.3. The second-order valence-corrected chi connectivity index (χ2v) is 12.1. The molecule has 0 unspecified atom stereocenters. The third-order valence-electron chi connectivity index (χ3n) is 7.69. The predicted molar refractivity (Wildman–Crippen MR) is 184 cm³/mol. The van der Waals surface area contributed by atoms with E-state index >= 15 is 0 Å². The van der Waals surface area contributed by atoms with Gasteiger partial charge in [-0.2, -0.15) is 5.10 Å². The molecule has 0 aliphatic heterocycles. The summed E-state index contributed by atoms with van der Waals surface area (Å²) in [6.45, 7) is 15.7. The van der Waals surface area contributed by atoms with Crippen molar-refractivity contribution in [3.8, 4) is 16.9 Å². The number of hydrogen-bond donors (Lipinski definition) is 2. The summed E-state index contributed by atoms with van der Waals surface area (Å²) in [5.41, 5.74) is 5.15. The van der Waals surface area contributed by atoms with Crippen LogP contribution in [0.5, 0.6) is 5.75 Å². The highest BCUT2D eigenvalue weighted by Crippen LogP contribution is 2.36. The number of hydrogen-bond acceptors (Lipinski definition) is 6. The monoisotopic (exact) mass is 619 g/mol.